The first kappa shape index (κ1) is 13.2. The fraction of sp³-hybridized carbons (Fsp3) is 0.909. The van der Waals surface area contributed by atoms with E-state index in [2.05, 4.69) is 0 Å². The maximum atomic E-state index is 13.5. The summed E-state index contributed by atoms with van der Waals surface area (Å²) >= 11 is 0. The molecule has 1 amide bonds. The summed E-state index contributed by atoms with van der Waals surface area (Å²) in [4.78, 5) is 13.0. The molecule has 0 unspecified atom stereocenters. The normalized spacial score (nSPS) is 26.7. The van der Waals surface area contributed by atoms with Gasteiger partial charge in [0, 0.05) is 19.1 Å². The standard InChI is InChI=1S/C11H20FNO3/c1-11(2,3)16-10(15)13-5-4-8(7-14)9(12)6-13/h8-9,14H,4-7H2,1-3H3/t8-,9+/m0/s1. The second kappa shape index (κ2) is 4.99. The molecule has 94 valence electrons. The number of alkyl halides is 1. The van der Waals surface area contributed by atoms with Gasteiger partial charge in [0.15, 0.2) is 0 Å². The molecule has 2 atom stereocenters. The van der Waals surface area contributed by atoms with Crippen LogP contribution in [-0.2, 0) is 4.74 Å². The van der Waals surface area contributed by atoms with E-state index >= 15 is 0 Å². The highest BCUT2D eigenvalue weighted by atomic mass is 19.1. The van der Waals surface area contributed by atoms with Crippen LogP contribution in [0.4, 0.5) is 9.18 Å². The van der Waals surface area contributed by atoms with Gasteiger partial charge in [-0.2, -0.15) is 0 Å². The number of carbonyl (C=O) groups excluding carboxylic acids is 1. The first-order valence-corrected chi connectivity index (χ1v) is 5.56. The molecule has 0 aromatic carbocycles. The van der Waals surface area contributed by atoms with Crippen LogP contribution in [0.25, 0.3) is 0 Å². The predicted molar refractivity (Wildman–Crippen MR) is 57.9 cm³/mol. The fourth-order valence-electron chi connectivity index (χ4n) is 1.65. The van der Waals surface area contributed by atoms with Gasteiger partial charge in [-0.15, -0.1) is 0 Å². The Balaban J connectivity index is 2.48. The Bertz CT molecular complexity index is 252. The minimum absolute atomic E-state index is 0.0140. The van der Waals surface area contributed by atoms with Crippen molar-refractivity contribution in [3.05, 3.63) is 0 Å². The van der Waals surface area contributed by atoms with Crippen molar-refractivity contribution in [2.24, 2.45) is 5.92 Å². The quantitative estimate of drug-likeness (QED) is 0.748. The highest BCUT2D eigenvalue weighted by molar-refractivity contribution is 5.68. The van der Waals surface area contributed by atoms with E-state index in [-0.39, 0.29) is 19.1 Å². The lowest BCUT2D eigenvalue weighted by Gasteiger charge is -2.34. The number of ether oxygens (including phenoxy) is 1. The van der Waals surface area contributed by atoms with Gasteiger partial charge in [0.2, 0.25) is 0 Å². The Morgan fingerprint density at radius 2 is 2.19 bits per heavy atom. The molecule has 1 N–H and O–H groups in total. The van der Waals surface area contributed by atoms with Crippen LogP contribution in [0.15, 0.2) is 0 Å². The van der Waals surface area contributed by atoms with Gasteiger partial charge in [0.25, 0.3) is 0 Å². The number of halogens is 1. The summed E-state index contributed by atoms with van der Waals surface area (Å²) in [5.41, 5.74) is -0.559. The van der Waals surface area contributed by atoms with Crippen molar-refractivity contribution in [3.8, 4) is 0 Å². The van der Waals surface area contributed by atoms with E-state index in [9.17, 15) is 9.18 Å². The summed E-state index contributed by atoms with van der Waals surface area (Å²) in [5, 5.41) is 8.90. The number of carbonyl (C=O) groups is 1. The Morgan fingerprint density at radius 3 is 2.62 bits per heavy atom. The van der Waals surface area contributed by atoms with Crippen LogP contribution in [0, 0.1) is 5.92 Å². The number of rotatable bonds is 1. The molecule has 0 aromatic heterocycles. The zero-order valence-corrected chi connectivity index (χ0v) is 10.1. The third-order valence-electron chi connectivity index (χ3n) is 2.56. The van der Waals surface area contributed by atoms with Crippen molar-refractivity contribution < 1.29 is 19.0 Å². The second-order valence-corrected chi connectivity index (χ2v) is 5.17. The highest BCUT2D eigenvalue weighted by Gasteiger charge is 2.32. The van der Waals surface area contributed by atoms with E-state index in [0.29, 0.717) is 13.0 Å². The van der Waals surface area contributed by atoms with Gasteiger partial charge in [-0.05, 0) is 27.2 Å². The van der Waals surface area contributed by atoms with Gasteiger partial charge in [0.1, 0.15) is 11.8 Å². The molecule has 0 bridgehead atoms. The molecule has 1 fully saturated rings. The smallest absolute Gasteiger partial charge is 0.410 e. The molecule has 0 radical (unpaired) electrons. The van der Waals surface area contributed by atoms with Crippen molar-refractivity contribution >= 4 is 6.09 Å². The van der Waals surface area contributed by atoms with Crippen LogP contribution >= 0.6 is 0 Å². The number of hydrogen-bond acceptors (Lipinski definition) is 3. The van der Waals surface area contributed by atoms with E-state index in [1.807, 2.05) is 0 Å². The highest BCUT2D eigenvalue weighted by Crippen LogP contribution is 2.21. The van der Waals surface area contributed by atoms with Crippen LogP contribution in [-0.4, -0.2) is 47.6 Å². The van der Waals surface area contributed by atoms with Crippen LogP contribution in [0.1, 0.15) is 27.2 Å². The van der Waals surface area contributed by atoms with Crippen molar-refractivity contribution in [3.63, 3.8) is 0 Å². The van der Waals surface area contributed by atoms with Gasteiger partial charge in [0.05, 0.1) is 6.54 Å². The fourth-order valence-corrected chi connectivity index (χ4v) is 1.65. The summed E-state index contributed by atoms with van der Waals surface area (Å²) < 4.78 is 18.6. The molecule has 16 heavy (non-hydrogen) atoms. The number of nitrogens with zero attached hydrogens (tertiary/aromatic N) is 1. The van der Waals surface area contributed by atoms with Gasteiger partial charge in [-0.3, -0.25) is 0 Å². The third kappa shape index (κ3) is 3.63. The minimum Gasteiger partial charge on any atom is -0.444 e. The number of likely N-dealkylation sites (tertiary alicyclic amines) is 1. The van der Waals surface area contributed by atoms with Gasteiger partial charge >= 0.3 is 6.09 Å². The largest absolute Gasteiger partial charge is 0.444 e. The Kier molecular flexibility index (Phi) is 4.13. The molecule has 0 aromatic rings. The SMILES string of the molecule is CC(C)(C)OC(=O)N1CC[C@@H](CO)[C@H](F)C1. The van der Waals surface area contributed by atoms with Crippen molar-refractivity contribution in [1.82, 2.24) is 4.90 Å². The molecule has 0 saturated carbocycles. The number of piperidine rings is 1. The van der Waals surface area contributed by atoms with Crippen LogP contribution in [0.5, 0.6) is 0 Å². The van der Waals surface area contributed by atoms with E-state index in [1.165, 1.54) is 4.90 Å². The van der Waals surface area contributed by atoms with Crippen LogP contribution in [0.2, 0.25) is 0 Å². The minimum atomic E-state index is -1.16. The molecule has 1 heterocycles. The summed E-state index contributed by atoms with van der Waals surface area (Å²) in [7, 11) is 0. The van der Waals surface area contributed by atoms with Crippen molar-refractivity contribution in [2.45, 2.75) is 39.0 Å². The number of hydrogen-bond donors (Lipinski definition) is 1. The summed E-state index contributed by atoms with van der Waals surface area (Å²) in [6.45, 7) is 5.62. The van der Waals surface area contributed by atoms with Crippen LogP contribution < -0.4 is 0 Å². The lowest BCUT2D eigenvalue weighted by molar-refractivity contribution is -0.00115. The maximum absolute atomic E-state index is 13.5. The molecular weight excluding hydrogens is 213 g/mol. The molecular formula is C11H20FNO3. The lowest BCUT2D eigenvalue weighted by atomic mass is 9.96. The molecule has 1 rings (SSSR count). The first-order valence-electron chi connectivity index (χ1n) is 5.56. The average molecular weight is 233 g/mol. The van der Waals surface area contributed by atoms with Gasteiger partial charge in [-0.1, -0.05) is 0 Å². The van der Waals surface area contributed by atoms with E-state index in [1.54, 1.807) is 20.8 Å². The Morgan fingerprint density at radius 1 is 1.56 bits per heavy atom. The molecule has 4 nitrogen and oxygen atoms in total. The lowest BCUT2D eigenvalue weighted by Crippen LogP contribution is -2.47. The monoisotopic (exact) mass is 233 g/mol. The number of aliphatic hydroxyl groups is 1. The molecule has 1 saturated heterocycles. The summed E-state index contributed by atoms with van der Waals surface area (Å²) in [5.74, 6) is -0.348. The Hall–Kier alpha value is -0.840. The molecule has 0 spiro atoms. The average Bonchev–Trinajstić information content (AvgIpc) is 2.15. The maximum Gasteiger partial charge on any atom is 0.410 e. The molecule has 1 aliphatic rings. The van der Waals surface area contributed by atoms with E-state index in [0.717, 1.165) is 0 Å². The zero-order chi connectivity index (χ0) is 12.3. The van der Waals surface area contributed by atoms with E-state index in [4.69, 9.17) is 9.84 Å². The number of aliphatic hydroxyl groups excluding tert-OH is 1. The number of amides is 1. The zero-order valence-electron chi connectivity index (χ0n) is 10.1. The Labute approximate surface area is 95.4 Å². The first-order chi connectivity index (χ1) is 7.33. The van der Waals surface area contributed by atoms with Crippen molar-refractivity contribution in [1.29, 1.82) is 0 Å². The summed E-state index contributed by atoms with van der Waals surface area (Å²) in [6, 6.07) is 0. The van der Waals surface area contributed by atoms with Gasteiger partial charge < -0.3 is 14.7 Å². The van der Waals surface area contributed by atoms with E-state index < -0.39 is 17.9 Å². The molecule has 5 heteroatoms. The molecule has 1 aliphatic heterocycles. The molecule has 0 aliphatic carbocycles. The topological polar surface area (TPSA) is 49.8 Å². The van der Waals surface area contributed by atoms with Crippen LogP contribution in [0.3, 0.4) is 0 Å². The summed E-state index contributed by atoms with van der Waals surface area (Å²) in [6.07, 6.45) is -1.16. The second-order valence-electron chi connectivity index (χ2n) is 5.17. The van der Waals surface area contributed by atoms with Crippen molar-refractivity contribution in [2.75, 3.05) is 19.7 Å². The third-order valence-corrected chi connectivity index (χ3v) is 2.56. The predicted octanol–water partition coefficient (Wildman–Crippen LogP) is 1.57. The van der Waals surface area contributed by atoms with Gasteiger partial charge in [-0.25, -0.2) is 9.18 Å².